The molecule has 1 aromatic rings. The van der Waals surface area contributed by atoms with Crippen LogP contribution in [-0.2, 0) is 6.42 Å². The molecular formula is C9H7F3N2O. The fourth-order valence-corrected chi connectivity index (χ4v) is 1.08. The Labute approximate surface area is 84.1 Å². The maximum absolute atomic E-state index is 13.4. The second kappa shape index (κ2) is 4.64. The van der Waals surface area contributed by atoms with Crippen LogP contribution in [0.1, 0.15) is 17.7 Å². The molecule has 0 saturated carbocycles. The Morgan fingerprint density at radius 1 is 1.60 bits per heavy atom. The van der Waals surface area contributed by atoms with E-state index in [0.717, 1.165) is 13.3 Å². The molecule has 0 radical (unpaired) electrons. The van der Waals surface area contributed by atoms with Gasteiger partial charge in [-0.2, -0.15) is 5.26 Å². The van der Waals surface area contributed by atoms with Gasteiger partial charge in [-0.15, -0.1) is 0 Å². The van der Waals surface area contributed by atoms with Gasteiger partial charge in [0, 0.05) is 11.8 Å². The lowest BCUT2D eigenvalue weighted by molar-refractivity contribution is 0.140. The maximum Gasteiger partial charge on any atom is 0.284 e. The molecule has 0 aliphatic rings. The third-order valence-electron chi connectivity index (χ3n) is 1.75. The van der Waals surface area contributed by atoms with Crippen LogP contribution in [0.15, 0.2) is 6.20 Å². The minimum atomic E-state index is -2.91. The lowest BCUT2D eigenvalue weighted by Crippen LogP contribution is -2.02. The highest BCUT2D eigenvalue weighted by Gasteiger charge is 2.21. The van der Waals surface area contributed by atoms with E-state index in [9.17, 15) is 13.2 Å². The van der Waals surface area contributed by atoms with Crippen LogP contribution in [0.2, 0.25) is 0 Å². The van der Waals surface area contributed by atoms with Gasteiger partial charge in [0.1, 0.15) is 0 Å². The third kappa shape index (κ3) is 2.18. The van der Waals surface area contributed by atoms with Crippen molar-refractivity contribution in [2.24, 2.45) is 0 Å². The van der Waals surface area contributed by atoms with E-state index < -0.39 is 23.7 Å². The summed E-state index contributed by atoms with van der Waals surface area (Å²) in [5.74, 6) is -1.55. The highest BCUT2D eigenvalue weighted by atomic mass is 19.3. The van der Waals surface area contributed by atoms with Gasteiger partial charge in [0.15, 0.2) is 17.3 Å². The van der Waals surface area contributed by atoms with Crippen LogP contribution in [-0.4, -0.2) is 12.1 Å². The van der Waals surface area contributed by atoms with Crippen molar-refractivity contribution in [2.45, 2.75) is 12.8 Å². The first kappa shape index (κ1) is 11.3. The van der Waals surface area contributed by atoms with E-state index in [1.54, 1.807) is 6.07 Å². The van der Waals surface area contributed by atoms with Crippen LogP contribution in [0.4, 0.5) is 13.2 Å². The first-order chi connectivity index (χ1) is 7.11. The average Bonchev–Trinajstić information content (AvgIpc) is 2.20. The Morgan fingerprint density at radius 3 is 2.73 bits per heavy atom. The van der Waals surface area contributed by atoms with Gasteiger partial charge in [-0.1, -0.05) is 0 Å². The van der Waals surface area contributed by atoms with Gasteiger partial charge in [-0.3, -0.25) is 4.98 Å². The predicted molar refractivity (Wildman–Crippen MR) is 45.0 cm³/mol. The number of nitriles is 1. The van der Waals surface area contributed by atoms with Crippen molar-refractivity contribution in [3.8, 4) is 11.8 Å². The highest BCUT2D eigenvalue weighted by molar-refractivity contribution is 5.35. The monoisotopic (exact) mass is 216 g/mol. The topological polar surface area (TPSA) is 45.9 Å². The van der Waals surface area contributed by atoms with Gasteiger partial charge in [0.2, 0.25) is 0 Å². The smallest absolute Gasteiger partial charge is 0.284 e. The highest BCUT2D eigenvalue weighted by Crippen LogP contribution is 2.30. The van der Waals surface area contributed by atoms with Gasteiger partial charge in [0.05, 0.1) is 19.6 Å². The molecule has 0 aliphatic heterocycles. The van der Waals surface area contributed by atoms with Crippen molar-refractivity contribution in [1.82, 2.24) is 4.98 Å². The zero-order chi connectivity index (χ0) is 11.4. The maximum atomic E-state index is 13.4. The van der Waals surface area contributed by atoms with Crippen LogP contribution in [0.3, 0.4) is 0 Å². The number of alkyl halides is 2. The number of hydrogen-bond acceptors (Lipinski definition) is 3. The molecule has 0 aromatic carbocycles. The quantitative estimate of drug-likeness (QED) is 0.778. The fourth-order valence-electron chi connectivity index (χ4n) is 1.08. The summed E-state index contributed by atoms with van der Waals surface area (Å²) in [6.45, 7) is 0. The Morgan fingerprint density at radius 2 is 2.27 bits per heavy atom. The molecule has 1 heterocycles. The number of aromatic nitrogens is 1. The molecule has 0 N–H and O–H groups in total. The SMILES string of the molecule is COc1c(C(F)F)ncc(CC#N)c1F. The Bertz CT molecular complexity index is 401. The second-order valence-corrected chi connectivity index (χ2v) is 2.65. The zero-order valence-corrected chi connectivity index (χ0v) is 7.80. The molecule has 0 spiro atoms. The van der Waals surface area contributed by atoms with E-state index >= 15 is 0 Å². The summed E-state index contributed by atoms with van der Waals surface area (Å²) in [7, 11) is 1.07. The minimum absolute atomic E-state index is 0.0567. The lowest BCUT2D eigenvalue weighted by Gasteiger charge is -2.09. The summed E-state index contributed by atoms with van der Waals surface area (Å²) < 4.78 is 42.6. The molecule has 0 atom stereocenters. The zero-order valence-electron chi connectivity index (χ0n) is 7.80. The Kier molecular flexibility index (Phi) is 3.50. The van der Waals surface area contributed by atoms with Crippen LogP contribution in [0.25, 0.3) is 0 Å². The molecular weight excluding hydrogens is 209 g/mol. The molecule has 3 nitrogen and oxygen atoms in total. The average molecular weight is 216 g/mol. The van der Waals surface area contributed by atoms with E-state index in [2.05, 4.69) is 9.72 Å². The van der Waals surface area contributed by atoms with Gasteiger partial charge in [0.25, 0.3) is 6.43 Å². The molecule has 0 unspecified atom stereocenters. The summed E-state index contributed by atoms with van der Waals surface area (Å²) in [6.07, 6.45) is -2.23. The van der Waals surface area contributed by atoms with E-state index in [1.807, 2.05) is 0 Å². The summed E-state index contributed by atoms with van der Waals surface area (Å²) >= 11 is 0. The summed E-state index contributed by atoms with van der Waals surface area (Å²) in [6, 6.07) is 1.70. The predicted octanol–water partition coefficient (Wildman–Crippen LogP) is 2.23. The molecule has 1 aromatic heterocycles. The van der Waals surface area contributed by atoms with Crippen molar-refractivity contribution in [2.75, 3.05) is 7.11 Å². The first-order valence-electron chi connectivity index (χ1n) is 3.98. The van der Waals surface area contributed by atoms with Crippen LogP contribution in [0, 0.1) is 17.1 Å². The van der Waals surface area contributed by atoms with E-state index in [-0.39, 0.29) is 12.0 Å². The van der Waals surface area contributed by atoms with Gasteiger partial charge < -0.3 is 4.74 Å². The van der Waals surface area contributed by atoms with Crippen molar-refractivity contribution < 1.29 is 17.9 Å². The molecule has 0 amide bonds. The number of rotatable bonds is 3. The molecule has 0 fully saturated rings. The molecule has 15 heavy (non-hydrogen) atoms. The Balaban J connectivity index is 3.27. The van der Waals surface area contributed by atoms with Crippen LogP contribution in [0.5, 0.6) is 5.75 Å². The standard InChI is InChI=1S/C9H7F3N2O/c1-15-8-6(10)5(2-3-13)4-14-7(8)9(11)12/h4,9H,2H2,1H3. The summed E-state index contributed by atoms with van der Waals surface area (Å²) in [5, 5.41) is 8.35. The first-order valence-corrected chi connectivity index (χ1v) is 3.98. The molecule has 0 saturated heterocycles. The summed E-state index contributed by atoms with van der Waals surface area (Å²) in [5.41, 5.74) is -0.810. The normalized spacial score (nSPS) is 10.1. The summed E-state index contributed by atoms with van der Waals surface area (Å²) in [4.78, 5) is 3.36. The molecule has 0 aliphatic carbocycles. The largest absolute Gasteiger partial charge is 0.492 e. The van der Waals surface area contributed by atoms with E-state index in [1.165, 1.54) is 0 Å². The number of halogens is 3. The van der Waals surface area contributed by atoms with Gasteiger partial charge in [-0.05, 0) is 0 Å². The number of methoxy groups -OCH3 is 1. The lowest BCUT2D eigenvalue weighted by atomic mass is 10.2. The number of hydrogen-bond donors (Lipinski definition) is 0. The number of pyridine rings is 1. The van der Waals surface area contributed by atoms with E-state index in [4.69, 9.17) is 5.26 Å². The second-order valence-electron chi connectivity index (χ2n) is 2.65. The van der Waals surface area contributed by atoms with Crippen molar-refractivity contribution >= 4 is 0 Å². The fraction of sp³-hybridized carbons (Fsp3) is 0.333. The Hall–Kier alpha value is -1.77. The van der Waals surface area contributed by atoms with Crippen molar-refractivity contribution in [3.63, 3.8) is 0 Å². The van der Waals surface area contributed by atoms with Crippen molar-refractivity contribution in [3.05, 3.63) is 23.3 Å². The van der Waals surface area contributed by atoms with E-state index in [0.29, 0.717) is 0 Å². The van der Waals surface area contributed by atoms with Crippen LogP contribution >= 0.6 is 0 Å². The minimum Gasteiger partial charge on any atom is -0.492 e. The molecule has 80 valence electrons. The van der Waals surface area contributed by atoms with Gasteiger partial charge in [-0.25, -0.2) is 13.2 Å². The molecule has 6 heteroatoms. The molecule has 1 rings (SSSR count). The number of ether oxygens (including phenoxy) is 1. The van der Waals surface area contributed by atoms with Crippen LogP contribution < -0.4 is 4.74 Å². The van der Waals surface area contributed by atoms with Crippen molar-refractivity contribution in [1.29, 1.82) is 5.26 Å². The third-order valence-corrected chi connectivity index (χ3v) is 1.75. The molecule has 0 bridgehead atoms. The van der Waals surface area contributed by atoms with Gasteiger partial charge >= 0.3 is 0 Å². The number of nitrogens with zero attached hydrogens (tertiary/aromatic N) is 2.